The summed E-state index contributed by atoms with van der Waals surface area (Å²) in [7, 11) is 0. The van der Waals surface area contributed by atoms with Gasteiger partial charge in [0, 0.05) is 5.69 Å². The van der Waals surface area contributed by atoms with E-state index < -0.39 is 5.97 Å². The molecule has 0 bridgehead atoms. The molecule has 5 nitrogen and oxygen atoms in total. The fraction of sp³-hybridized carbons (Fsp3) is 0.391. The molecular weight excluding hydrogens is 354 g/mol. The SMILES string of the molecule is CC[C@@H](C)c1ccc(NC(=O)COC(=O)c2ccc(OCC(C)C)cc2)cc1. The number of benzene rings is 2. The second-order valence-electron chi connectivity index (χ2n) is 7.28. The van der Waals surface area contributed by atoms with Crippen LogP contribution in [0.25, 0.3) is 0 Å². The van der Waals surface area contributed by atoms with Crippen molar-refractivity contribution in [3.05, 3.63) is 59.7 Å². The maximum Gasteiger partial charge on any atom is 0.338 e. The molecule has 28 heavy (non-hydrogen) atoms. The van der Waals surface area contributed by atoms with Crippen molar-refractivity contribution in [2.75, 3.05) is 18.5 Å². The minimum absolute atomic E-state index is 0.336. The molecule has 0 unspecified atom stereocenters. The van der Waals surface area contributed by atoms with E-state index >= 15 is 0 Å². The van der Waals surface area contributed by atoms with E-state index in [-0.39, 0.29) is 12.5 Å². The molecule has 5 heteroatoms. The normalized spacial score (nSPS) is 11.8. The van der Waals surface area contributed by atoms with E-state index in [0.717, 1.165) is 6.42 Å². The molecular formula is C23H29NO4. The minimum atomic E-state index is -0.544. The third-order valence-corrected chi connectivity index (χ3v) is 4.38. The Balaban J connectivity index is 1.81. The summed E-state index contributed by atoms with van der Waals surface area (Å²) in [6.07, 6.45) is 1.06. The number of carbonyl (C=O) groups is 2. The molecule has 2 rings (SSSR count). The van der Waals surface area contributed by atoms with Crippen LogP contribution < -0.4 is 10.1 Å². The summed E-state index contributed by atoms with van der Waals surface area (Å²) < 4.78 is 10.7. The molecule has 0 aliphatic carbocycles. The predicted molar refractivity (Wildman–Crippen MR) is 111 cm³/mol. The van der Waals surface area contributed by atoms with Crippen molar-refractivity contribution in [2.24, 2.45) is 5.92 Å². The average molecular weight is 383 g/mol. The van der Waals surface area contributed by atoms with E-state index in [1.165, 1.54) is 5.56 Å². The third kappa shape index (κ3) is 6.72. The van der Waals surface area contributed by atoms with E-state index in [1.54, 1.807) is 24.3 Å². The van der Waals surface area contributed by atoms with Gasteiger partial charge in [-0.2, -0.15) is 0 Å². The van der Waals surface area contributed by atoms with Crippen molar-refractivity contribution in [2.45, 2.75) is 40.0 Å². The highest BCUT2D eigenvalue weighted by atomic mass is 16.5. The first kappa shape index (κ1) is 21.5. The van der Waals surface area contributed by atoms with Crippen LogP contribution >= 0.6 is 0 Å². The Bertz CT molecular complexity index is 766. The number of anilines is 1. The number of esters is 1. The summed E-state index contributed by atoms with van der Waals surface area (Å²) in [5.41, 5.74) is 2.29. The lowest BCUT2D eigenvalue weighted by Crippen LogP contribution is -2.20. The van der Waals surface area contributed by atoms with Crippen LogP contribution in [0.5, 0.6) is 5.75 Å². The second-order valence-corrected chi connectivity index (χ2v) is 7.28. The van der Waals surface area contributed by atoms with Gasteiger partial charge < -0.3 is 14.8 Å². The Morgan fingerprint density at radius 1 is 0.964 bits per heavy atom. The van der Waals surface area contributed by atoms with E-state index in [4.69, 9.17) is 9.47 Å². The smallest absolute Gasteiger partial charge is 0.338 e. The van der Waals surface area contributed by atoms with Gasteiger partial charge in [-0.3, -0.25) is 4.79 Å². The Hall–Kier alpha value is -2.82. The molecule has 0 aliphatic rings. The standard InChI is InChI=1S/C23H29NO4/c1-5-17(4)18-6-10-20(11-7-18)24-22(25)15-28-23(26)19-8-12-21(13-9-19)27-14-16(2)3/h6-13,16-17H,5,14-15H2,1-4H3,(H,24,25)/t17-/m1/s1. The van der Waals surface area contributed by atoms with Gasteiger partial charge in [-0.1, -0.05) is 39.8 Å². The Labute approximate surface area is 167 Å². The molecule has 0 fully saturated rings. The van der Waals surface area contributed by atoms with E-state index in [9.17, 15) is 9.59 Å². The molecule has 0 radical (unpaired) electrons. The Morgan fingerprint density at radius 3 is 2.18 bits per heavy atom. The molecule has 2 aromatic carbocycles. The first-order valence-corrected chi connectivity index (χ1v) is 9.68. The average Bonchev–Trinajstić information content (AvgIpc) is 2.70. The summed E-state index contributed by atoms with van der Waals surface area (Å²) >= 11 is 0. The van der Waals surface area contributed by atoms with Crippen LogP contribution in [0.15, 0.2) is 48.5 Å². The van der Waals surface area contributed by atoms with Crippen LogP contribution in [0.1, 0.15) is 56.0 Å². The molecule has 0 aliphatic heterocycles. The number of ether oxygens (including phenoxy) is 2. The zero-order valence-corrected chi connectivity index (χ0v) is 17.0. The van der Waals surface area contributed by atoms with Gasteiger partial charge in [-0.05, 0) is 60.2 Å². The number of hydrogen-bond acceptors (Lipinski definition) is 4. The molecule has 2 aromatic rings. The van der Waals surface area contributed by atoms with Gasteiger partial charge in [-0.25, -0.2) is 4.79 Å². The highest BCUT2D eigenvalue weighted by Crippen LogP contribution is 2.20. The monoisotopic (exact) mass is 383 g/mol. The Morgan fingerprint density at radius 2 is 1.61 bits per heavy atom. The van der Waals surface area contributed by atoms with Gasteiger partial charge in [0.2, 0.25) is 0 Å². The van der Waals surface area contributed by atoms with Crippen LogP contribution in [0, 0.1) is 5.92 Å². The van der Waals surface area contributed by atoms with Crippen molar-refractivity contribution in [3.63, 3.8) is 0 Å². The molecule has 0 saturated heterocycles. The molecule has 0 aromatic heterocycles. The lowest BCUT2D eigenvalue weighted by molar-refractivity contribution is -0.119. The fourth-order valence-electron chi connectivity index (χ4n) is 2.49. The fourth-order valence-corrected chi connectivity index (χ4v) is 2.49. The first-order chi connectivity index (χ1) is 13.4. The maximum absolute atomic E-state index is 12.1. The van der Waals surface area contributed by atoms with Gasteiger partial charge in [0.1, 0.15) is 5.75 Å². The molecule has 1 atom stereocenters. The lowest BCUT2D eigenvalue weighted by atomic mass is 9.99. The van der Waals surface area contributed by atoms with Gasteiger partial charge in [0.05, 0.1) is 12.2 Å². The van der Waals surface area contributed by atoms with Crippen molar-refractivity contribution >= 4 is 17.6 Å². The molecule has 1 amide bonds. The minimum Gasteiger partial charge on any atom is -0.493 e. The number of nitrogens with one attached hydrogen (secondary N) is 1. The van der Waals surface area contributed by atoms with Crippen LogP contribution in [0.2, 0.25) is 0 Å². The van der Waals surface area contributed by atoms with Gasteiger partial charge >= 0.3 is 5.97 Å². The number of hydrogen-bond donors (Lipinski definition) is 1. The third-order valence-electron chi connectivity index (χ3n) is 4.38. The molecule has 0 spiro atoms. The van der Waals surface area contributed by atoms with Crippen molar-refractivity contribution < 1.29 is 19.1 Å². The van der Waals surface area contributed by atoms with Crippen LogP contribution in [0.3, 0.4) is 0 Å². The number of rotatable bonds is 9. The zero-order valence-electron chi connectivity index (χ0n) is 17.0. The quantitative estimate of drug-likeness (QED) is 0.617. The van der Waals surface area contributed by atoms with Crippen molar-refractivity contribution in [1.29, 1.82) is 0 Å². The summed E-state index contributed by atoms with van der Waals surface area (Å²) in [6, 6.07) is 14.4. The molecule has 1 N–H and O–H groups in total. The van der Waals surface area contributed by atoms with Gasteiger partial charge in [0.25, 0.3) is 5.91 Å². The lowest BCUT2D eigenvalue weighted by Gasteiger charge is -2.11. The largest absolute Gasteiger partial charge is 0.493 e. The number of amides is 1. The van der Waals surface area contributed by atoms with Crippen molar-refractivity contribution in [3.8, 4) is 5.75 Å². The topological polar surface area (TPSA) is 64.6 Å². The van der Waals surface area contributed by atoms with Crippen LogP contribution in [-0.2, 0) is 9.53 Å². The summed E-state index contributed by atoms with van der Waals surface area (Å²) in [5.74, 6) is 0.685. The van der Waals surface area contributed by atoms with Crippen molar-refractivity contribution in [1.82, 2.24) is 0 Å². The summed E-state index contributed by atoms with van der Waals surface area (Å²) in [5, 5.41) is 2.73. The van der Waals surface area contributed by atoms with Gasteiger partial charge in [0.15, 0.2) is 6.61 Å². The molecule has 0 saturated carbocycles. The summed E-state index contributed by atoms with van der Waals surface area (Å²) in [4.78, 5) is 24.1. The molecule has 0 heterocycles. The van der Waals surface area contributed by atoms with E-state index in [0.29, 0.717) is 35.4 Å². The highest BCUT2D eigenvalue weighted by molar-refractivity contribution is 5.95. The second kappa shape index (κ2) is 10.5. The Kier molecular flexibility index (Phi) is 8.05. The first-order valence-electron chi connectivity index (χ1n) is 9.68. The van der Waals surface area contributed by atoms with Crippen LogP contribution in [-0.4, -0.2) is 25.1 Å². The highest BCUT2D eigenvalue weighted by Gasteiger charge is 2.11. The predicted octanol–water partition coefficient (Wildman–Crippen LogP) is 5.03. The maximum atomic E-state index is 12.1. The molecule has 150 valence electrons. The summed E-state index contributed by atoms with van der Waals surface area (Å²) in [6.45, 7) is 8.71. The van der Waals surface area contributed by atoms with Gasteiger partial charge in [-0.15, -0.1) is 0 Å². The number of carbonyl (C=O) groups excluding carboxylic acids is 2. The van der Waals surface area contributed by atoms with E-state index in [1.807, 2.05) is 24.3 Å². The van der Waals surface area contributed by atoms with Crippen LogP contribution in [0.4, 0.5) is 5.69 Å². The zero-order chi connectivity index (χ0) is 20.5. The van der Waals surface area contributed by atoms with E-state index in [2.05, 4.69) is 33.0 Å².